The first-order valence-corrected chi connectivity index (χ1v) is 6.20. The Morgan fingerprint density at radius 2 is 2.16 bits per heavy atom. The van der Waals surface area contributed by atoms with E-state index in [0.29, 0.717) is 12.0 Å². The van der Waals surface area contributed by atoms with Gasteiger partial charge in [0.25, 0.3) is 0 Å². The molecule has 1 aromatic carbocycles. The number of furan rings is 1. The smallest absolute Gasteiger partial charge is 0.168 e. The molecule has 0 radical (unpaired) electrons. The van der Waals surface area contributed by atoms with Gasteiger partial charge >= 0.3 is 0 Å². The third-order valence-corrected chi connectivity index (χ3v) is 3.31. The van der Waals surface area contributed by atoms with E-state index in [-0.39, 0.29) is 17.6 Å². The van der Waals surface area contributed by atoms with Crippen LogP contribution in [0.3, 0.4) is 0 Å². The van der Waals surface area contributed by atoms with Gasteiger partial charge in [-0.25, -0.2) is 4.39 Å². The summed E-state index contributed by atoms with van der Waals surface area (Å²) in [5, 5.41) is 3.19. The van der Waals surface area contributed by atoms with Crippen LogP contribution in [0.25, 0.3) is 0 Å². The van der Waals surface area contributed by atoms with Crippen LogP contribution >= 0.6 is 0 Å². The fraction of sp³-hybridized carbons (Fsp3) is 0.333. The molecule has 1 atom stereocenters. The number of aryl methyl sites for hydroxylation is 1. The van der Waals surface area contributed by atoms with E-state index in [2.05, 4.69) is 5.32 Å². The van der Waals surface area contributed by atoms with Crippen molar-refractivity contribution in [1.82, 2.24) is 5.32 Å². The van der Waals surface area contributed by atoms with E-state index in [9.17, 15) is 4.39 Å². The van der Waals surface area contributed by atoms with Crippen molar-refractivity contribution in [1.29, 1.82) is 0 Å². The molecule has 0 aliphatic heterocycles. The van der Waals surface area contributed by atoms with Gasteiger partial charge in [0.1, 0.15) is 5.76 Å². The SMILES string of the molecule is CNC(Cc1cccc(OC)c1F)c1ccoc1C. The third kappa shape index (κ3) is 2.79. The van der Waals surface area contributed by atoms with Gasteiger partial charge in [-0.15, -0.1) is 0 Å². The Kier molecular flexibility index (Phi) is 4.22. The molecule has 0 aliphatic rings. The molecular formula is C15H18FNO2. The fourth-order valence-electron chi connectivity index (χ4n) is 2.22. The minimum Gasteiger partial charge on any atom is -0.494 e. The zero-order valence-electron chi connectivity index (χ0n) is 11.4. The van der Waals surface area contributed by atoms with E-state index in [1.54, 1.807) is 24.5 Å². The molecule has 2 aromatic rings. The van der Waals surface area contributed by atoms with Gasteiger partial charge in [0.15, 0.2) is 11.6 Å². The van der Waals surface area contributed by atoms with Gasteiger partial charge in [-0.1, -0.05) is 12.1 Å². The number of likely N-dealkylation sites (N-methyl/N-ethyl adjacent to an activating group) is 1. The Balaban J connectivity index is 2.27. The van der Waals surface area contributed by atoms with Crippen LogP contribution in [0.15, 0.2) is 34.9 Å². The van der Waals surface area contributed by atoms with Crippen molar-refractivity contribution < 1.29 is 13.5 Å². The molecular weight excluding hydrogens is 245 g/mol. The van der Waals surface area contributed by atoms with Crippen LogP contribution in [0, 0.1) is 12.7 Å². The van der Waals surface area contributed by atoms with Crippen LogP contribution in [-0.2, 0) is 6.42 Å². The molecule has 0 saturated heterocycles. The van der Waals surface area contributed by atoms with E-state index < -0.39 is 0 Å². The monoisotopic (exact) mass is 263 g/mol. The number of halogens is 1. The van der Waals surface area contributed by atoms with Gasteiger partial charge in [-0.2, -0.15) is 0 Å². The van der Waals surface area contributed by atoms with E-state index >= 15 is 0 Å². The summed E-state index contributed by atoms with van der Waals surface area (Å²) in [6, 6.07) is 7.12. The van der Waals surface area contributed by atoms with Crippen LogP contribution < -0.4 is 10.1 Å². The second kappa shape index (κ2) is 5.89. The van der Waals surface area contributed by atoms with Crippen molar-refractivity contribution in [3.63, 3.8) is 0 Å². The summed E-state index contributed by atoms with van der Waals surface area (Å²) in [4.78, 5) is 0. The lowest BCUT2D eigenvalue weighted by Crippen LogP contribution is -2.19. The standard InChI is InChI=1S/C15H18FNO2/c1-10-12(7-8-19-10)13(17-2)9-11-5-4-6-14(18-3)15(11)16/h4-8,13,17H,9H2,1-3H3. The average Bonchev–Trinajstić information content (AvgIpc) is 2.84. The number of benzene rings is 1. The Morgan fingerprint density at radius 3 is 2.74 bits per heavy atom. The van der Waals surface area contributed by atoms with E-state index in [0.717, 1.165) is 11.3 Å². The molecule has 0 amide bonds. The predicted octanol–water partition coefficient (Wildman–Crippen LogP) is 3.24. The maximum Gasteiger partial charge on any atom is 0.168 e. The molecule has 1 unspecified atom stereocenters. The van der Waals surface area contributed by atoms with Crippen molar-refractivity contribution >= 4 is 0 Å². The van der Waals surface area contributed by atoms with Crippen molar-refractivity contribution in [3.05, 3.63) is 53.2 Å². The Morgan fingerprint density at radius 1 is 1.37 bits per heavy atom. The molecule has 0 aliphatic carbocycles. The number of ether oxygens (including phenoxy) is 1. The molecule has 3 nitrogen and oxygen atoms in total. The molecule has 0 spiro atoms. The van der Waals surface area contributed by atoms with Gasteiger partial charge in [0, 0.05) is 11.6 Å². The highest BCUT2D eigenvalue weighted by Gasteiger charge is 2.17. The topological polar surface area (TPSA) is 34.4 Å². The summed E-state index contributed by atoms with van der Waals surface area (Å²) < 4.78 is 24.4. The van der Waals surface area contributed by atoms with E-state index in [1.165, 1.54) is 7.11 Å². The second-order valence-electron chi connectivity index (χ2n) is 4.41. The zero-order chi connectivity index (χ0) is 13.8. The Labute approximate surface area is 112 Å². The second-order valence-corrected chi connectivity index (χ2v) is 4.41. The van der Waals surface area contributed by atoms with Crippen molar-refractivity contribution in [3.8, 4) is 5.75 Å². The highest BCUT2D eigenvalue weighted by Crippen LogP contribution is 2.26. The Hall–Kier alpha value is -1.81. The first kappa shape index (κ1) is 13.6. The first-order chi connectivity index (χ1) is 9.17. The molecule has 1 aromatic heterocycles. The number of hydrogen-bond donors (Lipinski definition) is 1. The third-order valence-electron chi connectivity index (χ3n) is 3.31. The average molecular weight is 263 g/mol. The maximum absolute atomic E-state index is 14.1. The van der Waals surface area contributed by atoms with Gasteiger partial charge in [-0.05, 0) is 38.1 Å². The minimum absolute atomic E-state index is 0.0142. The maximum atomic E-state index is 14.1. The van der Waals surface area contributed by atoms with Crippen LogP contribution in [-0.4, -0.2) is 14.2 Å². The summed E-state index contributed by atoms with van der Waals surface area (Å²) in [7, 11) is 3.33. The zero-order valence-corrected chi connectivity index (χ0v) is 11.4. The highest BCUT2D eigenvalue weighted by molar-refractivity contribution is 5.33. The fourth-order valence-corrected chi connectivity index (χ4v) is 2.22. The first-order valence-electron chi connectivity index (χ1n) is 6.20. The number of hydrogen-bond acceptors (Lipinski definition) is 3. The molecule has 2 rings (SSSR count). The largest absolute Gasteiger partial charge is 0.494 e. The lowest BCUT2D eigenvalue weighted by molar-refractivity contribution is 0.382. The van der Waals surface area contributed by atoms with Gasteiger partial charge < -0.3 is 14.5 Å². The number of methoxy groups -OCH3 is 1. The Bertz CT molecular complexity index is 551. The quantitative estimate of drug-likeness (QED) is 0.899. The van der Waals surface area contributed by atoms with Crippen molar-refractivity contribution in [2.45, 2.75) is 19.4 Å². The van der Waals surface area contributed by atoms with Crippen molar-refractivity contribution in [2.75, 3.05) is 14.2 Å². The molecule has 0 fully saturated rings. The van der Waals surface area contributed by atoms with Crippen molar-refractivity contribution in [2.24, 2.45) is 0 Å². The van der Waals surface area contributed by atoms with Crippen LogP contribution in [0.5, 0.6) is 5.75 Å². The molecule has 102 valence electrons. The number of rotatable bonds is 5. The van der Waals surface area contributed by atoms with Crippen LogP contribution in [0.4, 0.5) is 4.39 Å². The van der Waals surface area contributed by atoms with E-state index in [4.69, 9.17) is 9.15 Å². The summed E-state index contributed by atoms with van der Waals surface area (Å²) in [5.41, 5.74) is 1.67. The predicted molar refractivity (Wildman–Crippen MR) is 71.9 cm³/mol. The minimum atomic E-state index is -0.300. The normalized spacial score (nSPS) is 12.4. The summed E-state index contributed by atoms with van der Waals surface area (Å²) >= 11 is 0. The van der Waals surface area contributed by atoms with Gasteiger partial charge in [0.05, 0.1) is 13.4 Å². The molecule has 1 N–H and O–H groups in total. The lowest BCUT2D eigenvalue weighted by atomic mass is 9.99. The van der Waals surface area contributed by atoms with Gasteiger partial charge in [-0.3, -0.25) is 0 Å². The summed E-state index contributed by atoms with van der Waals surface area (Å²) in [6.07, 6.45) is 2.19. The van der Waals surface area contributed by atoms with Gasteiger partial charge in [0.2, 0.25) is 0 Å². The molecule has 4 heteroatoms. The lowest BCUT2D eigenvalue weighted by Gasteiger charge is -2.16. The summed E-state index contributed by atoms with van der Waals surface area (Å²) in [6.45, 7) is 1.90. The van der Waals surface area contributed by atoms with E-state index in [1.807, 2.05) is 20.0 Å². The molecule has 1 heterocycles. The molecule has 0 bridgehead atoms. The molecule has 0 saturated carbocycles. The molecule has 19 heavy (non-hydrogen) atoms. The van der Waals surface area contributed by atoms with Crippen LogP contribution in [0.1, 0.15) is 22.9 Å². The van der Waals surface area contributed by atoms with Crippen LogP contribution in [0.2, 0.25) is 0 Å². The summed E-state index contributed by atoms with van der Waals surface area (Å²) in [5.74, 6) is 0.824. The highest BCUT2D eigenvalue weighted by atomic mass is 19.1. The number of nitrogens with one attached hydrogen (secondary N) is 1.